The molecule has 0 spiro atoms. The number of carbonyl (C=O) groups excluding carboxylic acids is 2. The van der Waals surface area contributed by atoms with Crippen molar-refractivity contribution in [2.45, 2.75) is 12.0 Å². The zero-order chi connectivity index (χ0) is 13.1. The third-order valence-electron chi connectivity index (χ3n) is 2.40. The topological polar surface area (TPSA) is 153 Å². The molecule has 1 rings (SSSR count). The molecule has 1 unspecified atom stereocenters. The third kappa shape index (κ3) is 2.14. The van der Waals surface area contributed by atoms with E-state index in [0.717, 1.165) is 6.08 Å². The first kappa shape index (κ1) is 12.8. The van der Waals surface area contributed by atoms with Crippen LogP contribution in [0, 0.1) is 10.1 Å². The van der Waals surface area contributed by atoms with E-state index in [1.54, 1.807) is 5.43 Å². The van der Waals surface area contributed by atoms with Crippen LogP contribution < -0.4 is 22.5 Å². The molecule has 9 heteroatoms. The Kier molecular flexibility index (Phi) is 3.55. The molecule has 1 aliphatic carbocycles. The molecule has 0 radical (unpaired) electrons. The Morgan fingerprint density at radius 1 is 1.41 bits per heavy atom. The molecule has 0 saturated heterocycles. The molecule has 0 aliphatic heterocycles. The van der Waals surface area contributed by atoms with Crippen LogP contribution in [-0.2, 0) is 9.59 Å². The van der Waals surface area contributed by atoms with Gasteiger partial charge in [0.2, 0.25) is 0 Å². The second-order valence-electron chi connectivity index (χ2n) is 3.36. The van der Waals surface area contributed by atoms with Crippen LogP contribution in [0.3, 0.4) is 0 Å². The summed E-state index contributed by atoms with van der Waals surface area (Å²) in [6.07, 6.45) is 3.24. The van der Waals surface area contributed by atoms with Gasteiger partial charge in [0, 0.05) is 16.6 Å². The number of hydrogen-bond acceptors (Lipinski definition) is 6. The maximum atomic E-state index is 11.5. The molecule has 0 bridgehead atoms. The summed E-state index contributed by atoms with van der Waals surface area (Å²) in [5.74, 6) is 8.12. The van der Waals surface area contributed by atoms with E-state index < -0.39 is 28.7 Å². The normalized spacial score (nSPS) is 22.6. The number of nitrogens with zero attached hydrogens (tertiary/aromatic N) is 1. The van der Waals surface area contributed by atoms with Crippen LogP contribution in [-0.4, -0.2) is 22.3 Å². The number of nitro groups is 1. The summed E-state index contributed by atoms with van der Waals surface area (Å²) < 4.78 is 0. The van der Waals surface area contributed by atoms with E-state index in [4.69, 9.17) is 11.7 Å². The molecule has 0 aromatic heterocycles. The first-order valence-electron chi connectivity index (χ1n) is 4.53. The van der Waals surface area contributed by atoms with Gasteiger partial charge in [-0.1, -0.05) is 12.2 Å². The average molecular weight is 241 g/mol. The standard InChI is InChI=1S/C8H11N5O4/c9-11-6(14)5-2-1-3-8(4-5,13(16)17)7(15)12-10/h1-3H,4,9-10H2,(H,11,14)(H,12,15). The summed E-state index contributed by atoms with van der Waals surface area (Å²) >= 11 is 0. The zero-order valence-electron chi connectivity index (χ0n) is 8.67. The Labute approximate surface area is 95.6 Å². The van der Waals surface area contributed by atoms with Crippen LogP contribution in [0.25, 0.3) is 0 Å². The lowest BCUT2D eigenvalue weighted by Gasteiger charge is -2.22. The molecule has 1 atom stereocenters. The summed E-state index contributed by atoms with van der Waals surface area (Å²) in [7, 11) is 0. The van der Waals surface area contributed by atoms with Crippen LogP contribution in [0.1, 0.15) is 6.42 Å². The Morgan fingerprint density at radius 3 is 2.53 bits per heavy atom. The van der Waals surface area contributed by atoms with Gasteiger partial charge in [-0.2, -0.15) is 0 Å². The van der Waals surface area contributed by atoms with Gasteiger partial charge in [-0.05, 0) is 0 Å². The van der Waals surface area contributed by atoms with Crippen molar-refractivity contribution >= 4 is 11.8 Å². The quantitative estimate of drug-likeness (QED) is 0.191. The SMILES string of the molecule is NNC(=O)C1=CC=CC(C(=O)NN)([N+](=O)[O-])C1. The van der Waals surface area contributed by atoms with E-state index in [1.807, 2.05) is 5.43 Å². The summed E-state index contributed by atoms with van der Waals surface area (Å²) in [5, 5.41) is 11.0. The minimum atomic E-state index is -2.08. The van der Waals surface area contributed by atoms with Crippen molar-refractivity contribution in [1.82, 2.24) is 10.9 Å². The summed E-state index contributed by atoms with van der Waals surface area (Å²) in [5.41, 5.74) is 1.50. The van der Waals surface area contributed by atoms with Gasteiger partial charge in [0.25, 0.3) is 5.91 Å². The third-order valence-corrected chi connectivity index (χ3v) is 2.40. The zero-order valence-corrected chi connectivity index (χ0v) is 8.67. The highest BCUT2D eigenvalue weighted by atomic mass is 16.6. The van der Waals surface area contributed by atoms with Crippen molar-refractivity contribution in [3.8, 4) is 0 Å². The van der Waals surface area contributed by atoms with Crippen molar-refractivity contribution in [1.29, 1.82) is 0 Å². The van der Waals surface area contributed by atoms with Crippen molar-refractivity contribution in [3.63, 3.8) is 0 Å². The number of rotatable bonds is 3. The molecule has 92 valence electrons. The van der Waals surface area contributed by atoms with Crippen molar-refractivity contribution in [2.75, 3.05) is 0 Å². The Bertz CT molecular complexity index is 430. The van der Waals surface area contributed by atoms with E-state index in [9.17, 15) is 19.7 Å². The van der Waals surface area contributed by atoms with E-state index in [-0.39, 0.29) is 5.57 Å². The van der Waals surface area contributed by atoms with Gasteiger partial charge >= 0.3 is 11.4 Å². The Balaban J connectivity index is 3.11. The van der Waals surface area contributed by atoms with E-state index in [2.05, 4.69) is 0 Å². The molecule has 0 heterocycles. The second kappa shape index (κ2) is 4.72. The van der Waals surface area contributed by atoms with Crippen LogP contribution in [0.2, 0.25) is 0 Å². The molecular weight excluding hydrogens is 230 g/mol. The Hall–Kier alpha value is -2.26. The van der Waals surface area contributed by atoms with Gasteiger partial charge in [0.1, 0.15) is 0 Å². The minimum Gasteiger partial charge on any atom is -0.290 e. The highest BCUT2D eigenvalue weighted by Gasteiger charge is 2.50. The van der Waals surface area contributed by atoms with Gasteiger partial charge in [0.05, 0.1) is 6.42 Å². The summed E-state index contributed by atoms with van der Waals surface area (Å²) in [6.45, 7) is 0. The van der Waals surface area contributed by atoms with Crippen molar-refractivity contribution < 1.29 is 14.5 Å². The van der Waals surface area contributed by atoms with Gasteiger partial charge in [-0.3, -0.25) is 30.6 Å². The lowest BCUT2D eigenvalue weighted by Crippen LogP contribution is -2.54. The Morgan fingerprint density at radius 2 is 2.06 bits per heavy atom. The monoisotopic (exact) mass is 241 g/mol. The van der Waals surface area contributed by atoms with Crippen LogP contribution in [0.5, 0.6) is 0 Å². The molecule has 0 aromatic carbocycles. The number of hydrogen-bond donors (Lipinski definition) is 4. The fraction of sp³-hybridized carbons (Fsp3) is 0.250. The molecule has 0 fully saturated rings. The van der Waals surface area contributed by atoms with Crippen molar-refractivity contribution in [3.05, 3.63) is 33.9 Å². The molecule has 17 heavy (non-hydrogen) atoms. The van der Waals surface area contributed by atoms with E-state index >= 15 is 0 Å². The fourth-order valence-electron chi connectivity index (χ4n) is 1.47. The summed E-state index contributed by atoms with van der Waals surface area (Å²) in [6, 6.07) is 0. The first-order chi connectivity index (χ1) is 7.97. The molecule has 2 amide bonds. The number of allylic oxidation sites excluding steroid dienone is 2. The second-order valence-corrected chi connectivity index (χ2v) is 3.36. The van der Waals surface area contributed by atoms with E-state index in [1.165, 1.54) is 12.2 Å². The lowest BCUT2D eigenvalue weighted by molar-refractivity contribution is -0.538. The maximum absolute atomic E-state index is 11.5. The average Bonchev–Trinajstić information content (AvgIpc) is 2.36. The van der Waals surface area contributed by atoms with Gasteiger partial charge in [-0.15, -0.1) is 0 Å². The highest BCUT2D eigenvalue weighted by molar-refractivity contribution is 5.96. The maximum Gasteiger partial charge on any atom is 0.322 e. The largest absolute Gasteiger partial charge is 0.322 e. The minimum absolute atomic E-state index is 0.0234. The van der Waals surface area contributed by atoms with Crippen LogP contribution in [0.15, 0.2) is 23.8 Å². The molecular formula is C8H11N5O4. The van der Waals surface area contributed by atoms with Gasteiger partial charge in [-0.25, -0.2) is 11.7 Å². The molecule has 9 nitrogen and oxygen atoms in total. The number of amides is 2. The van der Waals surface area contributed by atoms with Crippen LogP contribution >= 0.6 is 0 Å². The van der Waals surface area contributed by atoms with Gasteiger partial charge in [0.15, 0.2) is 0 Å². The number of nitrogens with two attached hydrogens (primary N) is 2. The summed E-state index contributed by atoms with van der Waals surface area (Å²) in [4.78, 5) is 32.9. The lowest BCUT2D eigenvalue weighted by atomic mass is 9.86. The molecule has 0 aromatic rings. The highest BCUT2D eigenvalue weighted by Crippen LogP contribution is 2.26. The van der Waals surface area contributed by atoms with Gasteiger partial charge < -0.3 is 0 Å². The smallest absolute Gasteiger partial charge is 0.290 e. The molecule has 1 aliphatic rings. The number of carbonyl (C=O) groups is 2. The van der Waals surface area contributed by atoms with E-state index in [0.29, 0.717) is 0 Å². The van der Waals surface area contributed by atoms with Crippen molar-refractivity contribution in [2.24, 2.45) is 11.7 Å². The van der Waals surface area contributed by atoms with Crippen LogP contribution in [0.4, 0.5) is 0 Å². The first-order valence-corrected chi connectivity index (χ1v) is 4.53. The molecule has 0 saturated carbocycles. The molecule has 6 N–H and O–H groups in total. The predicted octanol–water partition coefficient (Wildman–Crippen LogP) is -2.13. The number of hydrazine groups is 2. The predicted molar refractivity (Wildman–Crippen MR) is 56.2 cm³/mol. The fourth-order valence-corrected chi connectivity index (χ4v) is 1.47. The number of nitrogens with one attached hydrogen (secondary N) is 2.